The van der Waals surface area contributed by atoms with Gasteiger partial charge in [0.15, 0.2) is 0 Å². The summed E-state index contributed by atoms with van der Waals surface area (Å²) < 4.78 is 0. The van der Waals surface area contributed by atoms with Crippen LogP contribution in [-0.2, 0) is 6.42 Å². The summed E-state index contributed by atoms with van der Waals surface area (Å²) >= 11 is 0. The zero-order valence-electron chi connectivity index (χ0n) is 13.9. The van der Waals surface area contributed by atoms with E-state index in [1.54, 1.807) is 0 Å². The Bertz CT molecular complexity index is 662. The van der Waals surface area contributed by atoms with E-state index in [0.29, 0.717) is 12.6 Å². The van der Waals surface area contributed by atoms with Crippen molar-refractivity contribution in [3.05, 3.63) is 48.0 Å². The maximum Gasteiger partial charge on any atom is 0.317 e. The Morgan fingerprint density at radius 2 is 2.00 bits per heavy atom. The number of carbonyl (C=O) groups is 1. The van der Waals surface area contributed by atoms with Crippen molar-refractivity contribution in [2.45, 2.75) is 45.1 Å². The highest BCUT2D eigenvalue weighted by molar-refractivity contribution is 5.85. The van der Waals surface area contributed by atoms with Crippen LogP contribution in [0.5, 0.6) is 0 Å². The normalized spacial score (nSPS) is 18.1. The molecule has 3 rings (SSSR count). The molecule has 2 amide bonds. The van der Waals surface area contributed by atoms with Crippen LogP contribution in [-0.4, -0.2) is 30.1 Å². The molecule has 1 unspecified atom stereocenters. The van der Waals surface area contributed by atoms with Gasteiger partial charge >= 0.3 is 6.03 Å². The molecule has 1 N–H and O–H groups in total. The van der Waals surface area contributed by atoms with E-state index in [9.17, 15) is 4.79 Å². The third-order valence-corrected chi connectivity index (χ3v) is 4.91. The minimum Gasteiger partial charge on any atom is -0.338 e. The zero-order valence-corrected chi connectivity index (χ0v) is 13.9. The van der Waals surface area contributed by atoms with E-state index in [0.717, 1.165) is 32.2 Å². The van der Waals surface area contributed by atoms with Crippen molar-refractivity contribution in [2.75, 3.05) is 13.1 Å². The van der Waals surface area contributed by atoms with Crippen molar-refractivity contribution in [3.8, 4) is 0 Å². The molecule has 3 nitrogen and oxygen atoms in total. The summed E-state index contributed by atoms with van der Waals surface area (Å²) in [6, 6.07) is 15.3. The lowest BCUT2D eigenvalue weighted by molar-refractivity contribution is 0.149. The Morgan fingerprint density at radius 1 is 1.17 bits per heavy atom. The van der Waals surface area contributed by atoms with Gasteiger partial charge in [0.2, 0.25) is 0 Å². The number of nitrogens with one attached hydrogen (secondary N) is 1. The third kappa shape index (κ3) is 3.66. The summed E-state index contributed by atoms with van der Waals surface area (Å²) in [5.41, 5.74) is 1.30. The highest BCUT2D eigenvalue weighted by Crippen LogP contribution is 2.20. The van der Waals surface area contributed by atoms with Gasteiger partial charge in [0, 0.05) is 19.1 Å². The molecule has 0 bridgehead atoms. The van der Waals surface area contributed by atoms with Crippen LogP contribution in [0.1, 0.15) is 38.2 Å². The average molecular weight is 310 g/mol. The molecular formula is C20H26N2O. The molecule has 0 aliphatic carbocycles. The van der Waals surface area contributed by atoms with Gasteiger partial charge in [-0.3, -0.25) is 0 Å². The molecule has 0 spiro atoms. The number of rotatable bonds is 4. The summed E-state index contributed by atoms with van der Waals surface area (Å²) in [5.74, 6) is 0. The lowest BCUT2D eigenvalue weighted by Gasteiger charge is -2.35. The summed E-state index contributed by atoms with van der Waals surface area (Å²) in [6.07, 6.45) is 5.45. The highest BCUT2D eigenvalue weighted by atomic mass is 16.2. The molecule has 2 aromatic rings. The molecule has 3 heteroatoms. The Kier molecular flexibility index (Phi) is 5.16. The molecule has 1 heterocycles. The van der Waals surface area contributed by atoms with Gasteiger partial charge in [0.1, 0.15) is 0 Å². The van der Waals surface area contributed by atoms with Crippen LogP contribution in [0.4, 0.5) is 4.79 Å². The Balaban J connectivity index is 1.59. The average Bonchev–Trinajstić information content (AvgIpc) is 2.61. The minimum atomic E-state index is 0.108. The number of likely N-dealkylation sites (tertiary alicyclic amines) is 1. The van der Waals surface area contributed by atoms with E-state index in [-0.39, 0.29) is 6.03 Å². The third-order valence-electron chi connectivity index (χ3n) is 4.91. The highest BCUT2D eigenvalue weighted by Gasteiger charge is 2.24. The first-order valence-electron chi connectivity index (χ1n) is 8.80. The Labute approximate surface area is 138 Å². The first-order chi connectivity index (χ1) is 11.3. The van der Waals surface area contributed by atoms with Gasteiger partial charge in [-0.25, -0.2) is 4.79 Å². The molecule has 122 valence electrons. The number of benzene rings is 2. The number of piperidine rings is 1. The maximum absolute atomic E-state index is 12.4. The second kappa shape index (κ2) is 7.49. The van der Waals surface area contributed by atoms with E-state index < -0.39 is 0 Å². The molecule has 0 radical (unpaired) electrons. The molecule has 1 fully saturated rings. The van der Waals surface area contributed by atoms with E-state index in [4.69, 9.17) is 0 Å². The number of hydrogen-bond donors (Lipinski definition) is 1. The number of fused-ring (bicyclic) bond motifs is 1. The van der Waals surface area contributed by atoms with Gasteiger partial charge < -0.3 is 10.2 Å². The topological polar surface area (TPSA) is 32.3 Å². The molecule has 1 atom stereocenters. The van der Waals surface area contributed by atoms with Crippen LogP contribution in [0.3, 0.4) is 0 Å². The number of carbonyl (C=O) groups excluding carboxylic acids is 1. The van der Waals surface area contributed by atoms with Crippen LogP contribution < -0.4 is 5.32 Å². The number of nitrogens with zero attached hydrogens (tertiary/aromatic N) is 1. The fourth-order valence-electron chi connectivity index (χ4n) is 3.61. The van der Waals surface area contributed by atoms with Crippen LogP contribution in [0, 0.1) is 0 Å². The predicted octanol–water partition coefficient (Wildman–Crippen LogP) is 4.36. The molecule has 1 aliphatic rings. The summed E-state index contributed by atoms with van der Waals surface area (Å²) in [4.78, 5) is 14.5. The van der Waals surface area contributed by atoms with Crippen molar-refractivity contribution in [3.63, 3.8) is 0 Å². The van der Waals surface area contributed by atoms with Gasteiger partial charge in [-0.05, 0) is 48.4 Å². The van der Waals surface area contributed by atoms with E-state index in [2.05, 4.69) is 54.7 Å². The van der Waals surface area contributed by atoms with Crippen molar-refractivity contribution >= 4 is 16.8 Å². The molecular weight excluding hydrogens is 284 g/mol. The second-order valence-electron chi connectivity index (χ2n) is 6.37. The monoisotopic (exact) mass is 310 g/mol. The van der Waals surface area contributed by atoms with Crippen molar-refractivity contribution in [1.82, 2.24) is 10.2 Å². The fourth-order valence-corrected chi connectivity index (χ4v) is 3.61. The van der Waals surface area contributed by atoms with Crippen LogP contribution >= 0.6 is 0 Å². The van der Waals surface area contributed by atoms with Crippen molar-refractivity contribution in [1.29, 1.82) is 0 Å². The largest absolute Gasteiger partial charge is 0.338 e. The molecule has 23 heavy (non-hydrogen) atoms. The lowest BCUT2D eigenvalue weighted by Crippen LogP contribution is -2.48. The molecule has 0 aromatic heterocycles. The van der Waals surface area contributed by atoms with E-state index in [1.165, 1.54) is 22.8 Å². The predicted molar refractivity (Wildman–Crippen MR) is 95.7 cm³/mol. The van der Waals surface area contributed by atoms with Gasteiger partial charge in [0.05, 0.1) is 0 Å². The minimum absolute atomic E-state index is 0.108. The summed E-state index contributed by atoms with van der Waals surface area (Å²) in [5, 5.41) is 5.67. The fraction of sp³-hybridized carbons (Fsp3) is 0.450. The van der Waals surface area contributed by atoms with Gasteiger partial charge in [-0.15, -0.1) is 0 Å². The quantitative estimate of drug-likeness (QED) is 0.894. The number of hydrogen-bond acceptors (Lipinski definition) is 1. The first kappa shape index (κ1) is 15.9. The summed E-state index contributed by atoms with van der Waals surface area (Å²) in [6.45, 7) is 3.77. The number of amides is 2. The van der Waals surface area contributed by atoms with E-state index >= 15 is 0 Å². The molecule has 1 saturated heterocycles. The van der Waals surface area contributed by atoms with E-state index in [1.807, 2.05) is 4.90 Å². The maximum atomic E-state index is 12.4. The molecule has 1 aliphatic heterocycles. The standard InChI is InChI=1S/C20H26N2O/c1-2-18-11-5-6-15-22(18)20(23)21-14-13-17-10-7-9-16-8-3-4-12-19(16)17/h3-4,7-10,12,18H,2,5-6,11,13-15H2,1H3,(H,21,23). The Morgan fingerprint density at radius 3 is 2.87 bits per heavy atom. The van der Waals surface area contributed by atoms with Gasteiger partial charge in [-0.1, -0.05) is 49.4 Å². The lowest BCUT2D eigenvalue weighted by atomic mass is 10.0. The SMILES string of the molecule is CCC1CCCCN1C(=O)NCCc1cccc2ccccc12. The van der Waals surface area contributed by atoms with Crippen molar-refractivity contribution < 1.29 is 4.79 Å². The van der Waals surface area contributed by atoms with Crippen LogP contribution in [0.25, 0.3) is 10.8 Å². The molecule has 2 aromatic carbocycles. The van der Waals surface area contributed by atoms with Crippen molar-refractivity contribution in [2.24, 2.45) is 0 Å². The number of urea groups is 1. The zero-order chi connectivity index (χ0) is 16.1. The van der Waals surface area contributed by atoms with Crippen LogP contribution in [0.2, 0.25) is 0 Å². The second-order valence-corrected chi connectivity index (χ2v) is 6.37. The first-order valence-corrected chi connectivity index (χ1v) is 8.80. The molecule has 0 saturated carbocycles. The Hall–Kier alpha value is -2.03. The summed E-state index contributed by atoms with van der Waals surface area (Å²) in [7, 11) is 0. The van der Waals surface area contributed by atoms with Crippen LogP contribution in [0.15, 0.2) is 42.5 Å². The van der Waals surface area contributed by atoms with Gasteiger partial charge in [-0.2, -0.15) is 0 Å². The van der Waals surface area contributed by atoms with Gasteiger partial charge in [0.25, 0.3) is 0 Å². The smallest absolute Gasteiger partial charge is 0.317 e.